The smallest absolute Gasteiger partial charge is 0.387 e. The monoisotopic (exact) mass is 229 g/mol. The van der Waals surface area contributed by atoms with Gasteiger partial charge in [-0.05, 0) is 25.8 Å². The van der Waals surface area contributed by atoms with Crippen LogP contribution in [-0.2, 0) is 0 Å². The highest BCUT2D eigenvalue weighted by molar-refractivity contribution is 5.48. The largest absolute Gasteiger partial charge is 0.490 e. The quantitative estimate of drug-likeness (QED) is 0.767. The maximum absolute atomic E-state index is 12.2. The summed E-state index contributed by atoms with van der Waals surface area (Å²) in [5, 5.41) is 0. The predicted octanol–water partition coefficient (Wildman–Crippen LogP) is 3.62. The van der Waals surface area contributed by atoms with Gasteiger partial charge in [0.15, 0.2) is 11.5 Å². The summed E-state index contributed by atoms with van der Waals surface area (Å²) in [6.45, 7) is 5.04. The van der Waals surface area contributed by atoms with Crippen LogP contribution < -0.4 is 9.47 Å². The standard InChI is InChI=1S/C12H15F2O2/c1-4-15-11-9(8(2)3)6-5-7-10(11)16-12(13)14/h5-8,12H,2,4H2,1,3H3. The molecule has 1 radical (unpaired) electrons. The molecule has 0 fully saturated rings. The first kappa shape index (κ1) is 12.7. The van der Waals surface area contributed by atoms with Crippen molar-refractivity contribution in [3.8, 4) is 11.5 Å². The highest BCUT2D eigenvalue weighted by atomic mass is 19.3. The van der Waals surface area contributed by atoms with Crippen molar-refractivity contribution in [3.05, 3.63) is 30.7 Å². The zero-order valence-electron chi connectivity index (χ0n) is 9.37. The molecule has 1 aromatic rings. The van der Waals surface area contributed by atoms with Gasteiger partial charge >= 0.3 is 6.61 Å². The van der Waals surface area contributed by atoms with Crippen LogP contribution in [-0.4, -0.2) is 13.2 Å². The summed E-state index contributed by atoms with van der Waals surface area (Å²) < 4.78 is 34.1. The van der Waals surface area contributed by atoms with E-state index in [-0.39, 0.29) is 11.7 Å². The van der Waals surface area contributed by atoms with Gasteiger partial charge in [-0.25, -0.2) is 0 Å². The van der Waals surface area contributed by atoms with E-state index in [2.05, 4.69) is 11.7 Å². The van der Waals surface area contributed by atoms with E-state index in [1.165, 1.54) is 6.07 Å². The van der Waals surface area contributed by atoms with E-state index < -0.39 is 6.61 Å². The van der Waals surface area contributed by atoms with E-state index >= 15 is 0 Å². The Morgan fingerprint density at radius 3 is 2.56 bits per heavy atom. The first-order valence-electron chi connectivity index (χ1n) is 5.09. The molecular formula is C12H15F2O2. The number of halogens is 2. The molecular weight excluding hydrogens is 214 g/mol. The molecule has 0 aromatic heterocycles. The molecule has 0 saturated heterocycles. The molecule has 0 saturated carbocycles. The number of benzene rings is 1. The SMILES string of the molecule is [CH2]C(C)c1cccc(OC(F)F)c1OCC. The highest BCUT2D eigenvalue weighted by Gasteiger charge is 2.16. The minimum absolute atomic E-state index is 0.0530. The van der Waals surface area contributed by atoms with Gasteiger partial charge < -0.3 is 9.47 Å². The van der Waals surface area contributed by atoms with Crippen LogP contribution in [0.2, 0.25) is 0 Å². The normalized spacial score (nSPS) is 10.9. The topological polar surface area (TPSA) is 18.5 Å². The van der Waals surface area contributed by atoms with Crippen LogP contribution in [0.5, 0.6) is 11.5 Å². The molecule has 2 nitrogen and oxygen atoms in total. The van der Waals surface area contributed by atoms with E-state index in [1.807, 2.05) is 6.92 Å². The first-order valence-corrected chi connectivity index (χ1v) is 5.09. The number of ether oxygens (including phenoxy) is 2. The van der Waals surface area contributed by atoms with E-state index in [1.54, 1.807) is 19.1 Å². The van der Waals surface area contributed by atoms with Crippen molar-refractivity contribution in [2.75, 3.05) is 6.61 Å². The molecule has 1 rings (SSSR count). The molecule has 0 aliphatic heterocycles. The van der Waals surface area contributed by atoms with Crippen LogP contribution in [0.15, 0.2) is 18.2 Å². The second-order valence-electron chi connectivity index (χ2n) is 3.39. The molecule has 0 N–H and O–H groups in total. The number of hydrogen-bond acceptors (Lipinski definition) is 2. The molecule has 1 atom stereocenters. The Balaban J connectivity index is 3.10. The van der Waals surface area contributed by atoms with Gasteiger partial charge in [0.1, 0.15) is 0 Å². The van der Waals surface area contributed by atoms with E-state index in [0.717, 1.165) is 5.56 Å². The van der Waals surface area contributed by atoms with E-state index in [4.69, 9.17) is 4.74 Å². The lowest BCUT2D eigenvalue weighted by Crippen LogP contribution is -2.06. The summed E-state index contributed by atoms with van der Waals surface area (Å²) in [6, 6.07) is 4.90. The second-order valence-corrected chi connectivity index (χ2v) is 3.39. The number of alkyl halides is 2. The molecule has 1 unspecified atom stereocenters. The Morgan fingerprint density at radius 2 is 2.06 bits per heavy atom. The molecule has 0 spiro atoms. The first-order chi connectivity index (χ1) is 7.56. The van der Waals surface area contributed by atoms with E-state index in [9.17, 15) is 8.78 Å². The van der Waals surface area contributed by atoms with Crippen molar-refractivity contribution in [2.45, 2.75) is 26.4 Å². The van der Waals surface area contributed by atoms with Crippen molar-refractivity contribution in [1.82, 2.24) is 0 Å². The lowest BCUT2D eigenvalue weighted by molar-refractivity contribution is -0.0515. The second kappa shape index (κ2) is 5.68. The molecule has 16 heavy (non-hydrogen) atoms. The van der Waals surface area contributed by atoms with Gasteiger partial charge in [0, 0.05) is 5.56 Å². The Morgan fingerprint density at radius 1 is 1.38 bits per heavy atom. The van der Waals surface area contributed by atoms with Gasteiger partial charge in [-0.3, -0.25) is 0 Å². The average molecular weight is 229 g/mol. The van der Waals surface area contributed by atoms with Crippen LogP contribution in [0.1, 0.15) is 25.3 Å². The Kier molecular flexibility index (Phi) is 4.52. The molecule has 0 aliphatic carbocycles. The summed E-state index contributed by atoms with van der Waals surface area (Å²) in [5.41, 5.74) is 0.764. The van der Waals surface area contributed by atoms with Crippen molar-refractivity contribution < 1.29 is 18.3 Å². The zero-order valence-corrected chi connectivity index (χ0v) is 9.37. The summed E-state index contributed by atoms with van der Waals surface area (Å²) in [5.74, 6) is 0.362. The minimum Gasteiger partial charge on any atom is -0.490 e. The van der Waals surface area contributed by atoms with Gasteiger partial charge in [0.2, 0.25) is 0 Å². The maximum atomic E-state index is 12.2. The molecule has 1 aromatic carbocycles. The summed E-state index contributed by atoms with van der Waals surface area (Å²) in [4.78, 5) is 0. The van der Waals surface area contributed by atoms with Crippen molar-refractivity contribution in [3.63, 3.8) is 0 Å². The highest BCUT2D eigenvalue weighted by Crippen LogP contribution is 2.36. The van der Waals surface area contributed by atoms with Crippen LogP contribution in [0.4, 0.5) is 8.78 Å². The van der Waals surface area contributed by atoms with Crippen LogP contribution >= 0.6 is 0 Å². The average Bonchev–Trinajstić information content (AvgIpc) is 2.19. The molecule has 0 heterocycles. The minimum atomic E-state index is -2.85. The predicted molar refractivity (Wildman–Crippen MR) is 58.0 cm³/mol. The lowest BCUT2D eigenvalue weighted by Gasteiger charge is -2.16. The molecule has 4 heteroatoms. The fourth-order valence-electron chi connectivity index (χ4n) is 1.41. The number of hydrogen-bond donors (Lipinski definition) is 0. The van der Waals surface area contributed by atoms with Crippen molar-refractivity contribution in [2.24, 2.45) is 0 Å². The third kappa shape index (κ3) is 3.08. The van der Waals surface area contributed by atoms with Gasteiger partial charge in [0.25, 0.3) is 0 Å². The summed E-state index contributed by atoms with van der Waals surface area (Å²) in [6.07, 6.45) is 0. The lowest BCUT2D eigenvalue weighted by atomic mass is 10.0. The fourth-order valence-corrected chi connectivity index (χ4v) is 1.41. The van der Waals surface area contributed by atoms with Crippen molar-refractivity contribution >= 4 is 0 Å². The fraction of sp³-hybridized carbons (Fsp3) is 0.417. The third-order valence-electron chi connectivity index (χ3n) is 2.05. The van der Waals surface area contributed by atoms with Gasteiger partial charge in [0.05, 0.1) is 6.61 Å². The molecule has 0 bridgehead atoms. The van der Waals surface area contributed by atoms with Gasteiger partial charge in [-0.1, -0.05) is 19.1 Å². The third-order valence-corrected chi connectivity index (χ3v) is 2.05. The molecule has 0 amide bonds. The molecule has 0 aliphatic rings. The Hall–Kier alpha value is -1.32. The van der Waals surface area contributed by atoms with Gasteiger partial charge in [-0.2, -0.15) is 8.78 Å². The summed E-state index contributed by atoms with van der Waals surface area (Å²) in [7, 11) is 0. The van der Waals surface area contributed by atoms with Gasteiger partial charge in [-0.15, -0.1) is 0 Å². The van der Waals surface area contributed by atoms with Crippen LogP contribution in [0, 0.1) is 6.92 Å². The number of para-hydroxylation sites is 1. The number of rotatable bonds is 5. The van der Waals surface area contributed by atoms with Crippen LogP contribution in [0.3, 0.4) is 0 Å². The Bertz CT molecular complexity index is 338. The van der Waals surface area contributed by atoms with E-state index in [0.29, 0.717) is 12.4 Å². The maximum Gasteiger partial charge on any atom is 0.387 e. The Labute approximate surface area is 94.2 Å². The molecule has 89 valence electrons. The zero-order chi connectivity index (χ0) is 12.1. The summed E-state index contributed by atoms with van der Waals surface area (Å²) >= 11 is 0. The van der Waals surface area contributed by atoms with Crippen LogP contribution in [0.25, 0.3) is 0 Å². The van der Waals surface area contributed by atoms with Crippen molar-refractivity contribution in [1.29, 1.82) is 0 Å².